The van der Waals surface area contributed by atoms with Gasteiger partial charge in [0.15, 0.2) is 6.29 Å². The largest absolute Gasteiger partial charge is 0.393 e. The first-order chi connectivity index (χ1) is 7.00. The Balaban J connectivity index is 2.41. The molecule has 0 aromatic carbocycles. The van der Waals surface area contributed by atoms with E-state index in [9.17, 15) is 5.11 Å². The van der Waals surface area contributed by atoms with Crippen LogP contribution in [0, 0.1) is 17.8 Å². The van der Waals surface area contributed by atoms with Crippen LogP contribution in [0.3, 0.4) is 0 Å². The van der Waals surface area contributed by atoms with Crippen LogP contribution in [0.5, 0.6) is 0 Å². The van der Waals surface area contributed by atoms with Gasteiger partial charge in [-0.2, -0.15) is 0 Å². The summed E-state index contributed by atoms with van der Waals surface area (Å²) < 4.78 is 0. The highest BCUT2D eigenvalue weighted by Gasteiger charge is 2.35. The summed E-state index contributed by atoms with van der Waals surface area (Å²) >= 11 is 0. The fraction of sp³-hybridized carbons (Fsp3) is 1.00. The standard InChI is InChI=1S/C12H24O3/c1-8(2)3-5-10-9(7-12(14)15)4-6-11(10)13/h8-15H,3-7H2,1-2H3. The normalized spacial score (nSPS) is 31.8. The summed E-state index contributed by atoms with van der Waals surface area (Å²) in [6.07, 6.45) is 2.84. The maximum atomic E-state index is 9.82. The predicted octanol–water partition coefficient (Wildman–Crippen LogP) is 1.51. The van der Waals surface area contributed by atoms with Crippen molar-refractivity contribution in [1.29, 1.82) is 0 Å². The lowest BCUT2D eigenvalue weighted by Crippen LogP contribution is -2.23. The summed E-state index contributed by atoms with van der Waals surface area (Å²) in [4.78, 5) is 0. The van der Waals surface area contributed by atoms with Gasteiger partial charge in [0.05, 0.1) is 6.10 Å². The molecule has 3 N–H and O–H groups in total. The van der Waals surface area contributed by atoms with Crippen molar-refractivity contribution in [2.45, 2.75) is 58.3 Å². The minimum Gasteiger partial charge on any atom is -0.393 e. The summed E-state index contributed by atoms with van der Waals surface area (Å²) in [6, 6.07) is 0. The lowest BCUT2D eigenvalue weighted by atomic mass is 9.86. The average Bonchev–Trinajstić information content (AvgIpc) is 2.43. The molecule has 1 saturated carbocycles. The molecule has 0 saturated heterocycles. The van der Waals surface area contributed by atoms with E-state index in [1.807, 2.05) is 0 Å². The second-order valence-corrected chi connectivity index (χ2v) is 5.26. The van der Waals surface area contributed by atoms with Gasteiger partial charge in [-0.25, -0.2) is 0 Å². The fourth-order valence-electron chi connectivity index (χ4n) is 2.64. The maximum Gasteiger partial charge on any atom is 0.151 e. The van der Waals surface area contributed by atoms with Gasteiger partial charge in [0.1, 0.15) is 0 Å². The van der Waals surface area contributed by atoms with E-state index < -0.39 is 6.29 Å². The first kappa shape index (κ1) is 12.9. The highest BCUT2D eigenvalue weighted by molar-refractivity contribution is 4.85. The van der Waals surface area contributed by atoms with E-state index >= 15 is 0 Å². The third-order valence-corrected chi connectivity index (χ3v) is 3.52. The summed E-state index contributed by atoms with van der Waals surface area (Å²) in [7, 11) is 0. The van der Waals surface area contributed by atoms with Gasteiger partial charge in [-0.1, -0.05) is 20.3 Å². The SMILES string of the molecule is CC(C)CCC1C(O)CCC1CC(O)O. The maximum absolute atomic E-state index is 9.82. The Hall–Kier alpha value is -0.120. The minimum atomic E-state index is -1.22. The first-order valence-electron chi connectivity index (χ1n) is 6.05. The van der Waals surface area contributed by atoms with E-state index in [0.717, 1.165) is 25.7 Å². The fourth-order valence-corrected chi connectivity index (χ4v) is 2.64. The molecule has 0 aliphatic heterocycles. The molecular weight excluding hydrogens is 192 g/mol. The molecule has 3 nitrogen and oxygen atoms in total. The van der Waals surface area contributed by atoms with Crippen LogP contribution in [0.15, 0.2) is 0 Å². The molecular formula is C12H24O3. The van der Waals surface area contributed by atoms with Crippen LogP contribution >= 0.6 is 0 Å². The second-order valence-electron chi connectivity index (χ2n) is 5.26. The summed E-state index contributed by atoms with van der Waals surface area (Å²) in [5.74, 6) is 1.21. The molecule has 3 atom stereocenters. The molecule has 1 aliphatic rings. The number of hydrogen-bond acceptors (Lipinski definition) is 3. The zero-order valence-electron chi connectivity index (χ0n) is 9.76. The van der Waals surface area contributed by atoms with Crippen molar-refractivity contribution in [3.05, 3.63) is 0 Å². The highest BCUT2D eigenvalue weighted by atomic mass is 16.5. The molecule has 0 spiro atoms. The van der Waals surface area contributed by atoms with Gasteiger partial charge < -0.3 is 15.3 Å². The van der Waals surface area contributed by atoms with Crippen LogP contribution in [-0.4, -0.2) is 27.7 Å². The van der Waals surface area contributed by atoms with Gasteiger partial charge in [-0.3, -0.25) is 0 Å². The molecule has 0 bridgehead atoms. The molecule has 3 heteroatoms. The van der Waals surface area contributed by atoms with E-state index in [4.69, 9.17) is 10.2 Å². The van der Waals surface area contributed by atoms with Gasteiger partial charge >= 0.3 is 0 Å². The number of aliphatic hydroxyl groups is 3. The van der Waals surface area contributed by atoms with Crippen LogP contribution < -0.4 is 0 Å². The lowest BCUT2D eigenvalue weighted by molar-refractivity contribution is -0.0621. The van der Waals surface area contributed by atoms with Gasteiger partial charge in [0.2, 0.25) is 0 Å². The first-order valence-corrected chi connectivity index (χ1v) is 6.05. The molecule has 1 fully saturated rings. The smallest absolute Gasteiger partial charge is 0.151 e. The van der Waals surface area contributed by atoms with E-state index in [-0.39, 0.29) is 12.0 Å². The molecule has 0 aromatic heterocycles. The highest BCUT2D eigenvalue weighted by Crippen LogP contribution is 2.38. The van der Waals surface area contributed by atoms with Crippen LogP contribution in [0.4, 0.5) is 0 Å². The van der Waals surface area contributed by atoms with Crippen molar-refractivity contribution in [2.75, 3.05) is 0 Å². The molecule has 0 heterocycles. The van der Waals surface area contributed by atoms with Crippen LogP contribution in [0.1, 0.15) is 46.0 Å². The molecule has 0 amide bonds. The molecule has 3 unspecified atom stereocenters. The lowest BCUT2D eigenvalue weighted by Gasteiger charge is -2.23. The Kier molecular flexibility index (Phi) is 5.03. The molecule has 1 aliphatic carbocycles. The van der Waals surface area contributed by atoms with Gasteiger partial charge in [-0.15, -0.1) is 0 Å². The summed E-state index contributed by atoms with van der Waals surface area (Å²) in [5.41, 5.74) is 0. The van der Waals surface area contributed by atoms with Gasteiger partial charge in [0.25, 0.3) is 0 Å². The Labute approximate surface area is 92.1 Å². The zero-order valence-corrected chi connectivity index (χ0v) is 9.76. The van der Waals surface area contributed by atoms with Gasteiger partial charge in [0, 0.05) is 6.42 Å². The van der Waals surface area contributed by atoms with Gasteiger partial charge in [-0.05, 0) is 37.0 Å². The van der Waals surface area contributed by atoms with Crippen molar-refractivity contribution in [3.8, 4) is 0 Å². The van der Waals surface area contributed by atoms with Crippen molar-refractivity contribution < 1.29 is 15.3 Å². The Bertz CT molecular complexity index is 180. The third kappa shape index (κ3) is 4.09. The zero-order chi connectivity index (χ0) is 11.4. The van der Waals surface area contributed by atoms with E-state index in [0.29, 0.717) is 18.3 Å². The van der Waals surface area contributed by atoms with Crippen LogP contribution in [0.2, 0.25) is 0 Å². The molecule has 15 heavy (non-hydrogen) atoms. The Morgan fingerprint density at radius 3 is 2.40 bits per heavy atom. The average molecular weight is 216 g/mol. The Morgan fingerprint density at radius 2 is 1.87 bits per heavy atom. The Morgan fingerprint density at radius 1 is 1.20 bits per heavy atom. The topological polar surface area (TPSA) is 60.7 Å². The van der Waals surface area contributed by atoms with Crippen LogP contribution in [-0.2, 0) is 0 Å². The quantitative estimate of drug-likeness (QED) is 0.610. The minimum absolute atomic E-state index is 0.229. The summed E-state index contributed by atoms with van der Waals surface area (Å²) in [5, 5.41) is 27.8. The second kappa shape index (κ2) is 5.83. The van der Waals surface area contributed by atoms with E-state index in [1.165, 1.54) is 0 Å². The molecule has 90 valence electrons. The molecule has 1 rings (SSSR count). The van der Waals surface area contributed by atoms with Crippen molar-refractivity contribution in [2.24, 2.45) is 17.8 Å². The number of aliphatic hydroxyl groups excluding tert-OH is 2. The van der Waals surface area contributed by atoms with Crippen molar-refractivity contribution >= 4 is 0 Å². The predicted molar refractivity (Wildman–Crippen MR) is 59.1 cm³/mol. The van der Waals surface area contributed by atoms with E-state index in [2.05, 4.69) is 13.8 Å². The number of rotatable bonds is 5. The van der Waals surface area contributed by atoms with Crippen molar-refractivity contribution in [3.63, 3.8) is 0 Å². The monoisotopic (exact) mass is 216 g/mol. The van der Waals surface area contributed by atoms with Crippen molar-refractivity contribution in [1.82, 2.24) is 0 Å². The van der Waals surface area contributed by atoms with Crippen LogP contribution in [0.25, 0.3) is 0 Å². The molecule has 0 aromatic rings. The number of hydrogen-bond donors (Lipinski definition) is 3. The summed E-state index contributed by atoms with van der Waals surface area (Å²) in [6.45, 7) is 4.36. The van der Waals surface area contributed by atoms with E-state index in [1.54, 1.807) is 0 Å². The third-order valence-electron chi connectivity index (χ3n) is 3.52. The molecule has 0 radical (unpaired) electrons.